The van der Waals surface area contributed by atoms with E-state index in [0.717, 1.165) is 5.69 Å². The minimum absolute atomic E-state index is 0.121. The van der Waals surface area contributed by atoms with Crippen LogP contribution in [-0.2, 0) is 16.0 Å². The Balaban J connectivity index is 2.62. The van der Waals surface area contributed by atoms with E-state index < -0.39 is 23.8 Å². The topological polar surface area (TPSA) is 87.5 Å². The van der Waals surface area contributed by atoms with Gasteiger partial charge in [0.2, 0.25) is 0 Å². The summed E-state index contributed by atoms with van der Waals surface area (Å²) in [5, 5.41) is 21.0. The Hall–Kier alpha value is -1.27. The largest absolute Gasteiger partial charge is 0.481 e. The second-order valence-electron chi connectivity index (χ2n) is 5.02. The molecule has 5 nitrogen and oxygen atoms in total. The van der Waals surface area contributed by atoms with E-state index >= 15 is 0 Å². The van der Waals surface area contributed by atoms with Gasteiger partial charge in [0.25, 0.3) is 0 Å². The van der Waals surface area contributed by atoms with E-state index in [1.54, 1.807) is 5.51 Å². The van der Waals surface area contributed by atoms with Gasteiger partial charge in [-0.25, -0.2) is 4.98 Å². The molecule has 0 aliphatic carbocycles. The highest BCUT2D eigenvalue weighted by Gasteiger charge is 2.33. The summed E-state index contributed by atoms with van der Waals surface area (Å²) in [5.41, 5.74) is 1.44. The number of thiazole rings is 1. The van der Waals surface area contributed by atoms with Crippen LogP contribution in [-0.4, -0.2) is 32.6 Å². The van der Waals surface area contributed by atoms with Crippen LogP contribution in [0.4, 0.5) is 0 Å². The molecule has 0 aliphatic heterocycles. The first-order valence-corrected chi connectivity index (χ1v) is 7.10. The predicted octanol–water partition coefficient (Wildman–Crippen LogP) is 1.90. The summed E-state index contributed by atoms with van der Waals surface area (Å²) >= 11 is 1.48. The van der Waals surface area contributed by atoms with Gasteiger partial charge in [-0.3, -0.25) is 9.59 Å². The van der Waals surface area contributed by atoms with Crippen molar-refractivity contribution in [2.45, 2.75) is 45.1 Å². The molecule has 0 spiro atoms. The minimum Gasteiger partial charge on any atom is -0.481 e. The maximum atomic E-state index is 11.6. The molecular formula is C13H19NO4S. The molecule has 0 aliphatic rings. The maximum absolute atomic E-state index is 11.6. The van der Waals surface area contributed by atoms with Crippen LogP contribution < -0.4 is 0 Å². The van der Waals surface area contributed by atoms with Gasteiger partial charge in [0.15, 0.2) is 0 Å². The molecule has 1 atom stereocenters. The summed E-state index contributed by atoms with van der Waals surface area (Å²) in [6, 6.07) is 0. The maximum Gasteiger partial charge on any atom is 0.310 e. The molecule has 0 saturated carbocycles. The summed E-state index contributed by atoms with van der Waals surface area (Å²) in [6.45, 7) is 3.66. The zero-order valence-corrected chi connectivity index (χ0v) is 11.9. The van der Waals surface area contributed by atoms with Crippen molar-refractivity contribution in [1.82, 2.24) is 4.98 Å². The highest BCUT2D eigenvalue weighted by atomic mass is 32.1. The monoisotopic (exact) mass is 285 g/mol. The molecule has 1 heterocycles. The minimum atomic E-state index is -1.17. The summed E-state index contributed by atoms with van der Waals surface area (Å²) < 4.78 is 0. The van der Waals surface area contributed by atoms with E-state index in [2.05, 4.69) is 4.98 Å². The highest BCUT2D eigenvalue weighted by Crippen LogP contribution is 2.27. The number of aryl methyl sites for hydroxylation is 1. The Morgan fingerprint density at radius 3 is 2.63 bits per heavy atom. The van der Waals surface area contributed by atoms with Gasteiger partial charge in [-0.1, -0.05) is 13.8 Å². The predicted molar refractivity (Wildman–Crippen MR) is 72.1 cm³/mol. The van der Waals surface area contributed by atoms with E-state index in [1.165, 1.54) is 11.3 Å². The van der Waals surface area contributed by atoms with Crippen LogP contribution in [0.1, 0.15) is 38.8 Å². The summed E-state index contributed by atoms with van der Waals surface area (Å²) in [5.74, 6) is -1.72. The first kappa shape index (κ1) is 15.8. The van der Waals surface area contributed by atoms with Gasteiger partial charge in [0, 0.05) is 11.8 Å². The Bertz CT molecular complexity index is 430. The lowest BCUT2D eigenvalue weighted by molar-refractivity contribution is -0.142. The molecule has 1 aromatic heterocycles. The van der Waals surface area contributed by atoms with Crippen LogP contribution in [0, 0.1) is 5.92 Å². The lowest BCUT2D eigenvalue weighted by Gasteiger charge is -2.31. The average molecular weight is 285 g/mol. The Labute approximate surface area is 116 Å². The van der Waals surface area contributed by atoms with Crippen LogP contribution in [0.3, 0.4) is 0 Å². The number of Topliss-reactive ketones (excluding diaryl/α,β-unsaturated/α-hetero) is 1. The molecule has 0 bridgehead atoms. The molecule has 6 heteroatoms. The molecule has 1 unspecified atom stereocenters. The number of rotatable bonds is 8. The molecule has 0 saturated heterocycles. The number of hydrogen-bond acceptors (Lipinski definition) is 5. The van der Waals surface area contributed by atoms with Crippen LogP contribution in [0.2, 0.25) is 0 Å². The summed E-state index contributed by atoms with van der Waals surface area (Å²) in [4.78, 5) is 26.2. The molecule has 19 heavy (non-hydrogen) atoms. The van der Waals surface area contributed by atoms with Gasteiger partial charge in [-0.15, -0.1) is 11.3 Å². The van der Waals surface area contributed by atoms with Crippen LogP contribution in [0.25, 0.3) is 0 Å². The van der Waals surface area contributed by atoms with Crippen molar-refractivity contribution in [3.8, 4) is 0 Å². The number of aromatic nitrogens is 1. The van der Waals surface area contributed by atoms with Gasteiger partial charge in [-0.2, -0.15) is 0 Å². The third-order valence-electron chi connectivity index (χ3n) is 3.22. The van der Waals surface area contributed by atoms with Crippen molar-refractivity contribution in [3.05, 3.63) is 16.6 Å². The van der Waals surface area contributed by atoms with Crippen LogP contribution in [0.5, 0.6) is 0 Å². The summed E-state index contributed by atoms with van der Waals surface area (Å²) in [7, 11) is 0. The smallest absolute Gasteiger partial charge is 0.310 e. The SMILES string of the molecule is CC(C)C(O)(CCc1cscn1)CC(=O)CC(=O)O. The first-order chi connectivity index (χ1) is 8.83. The van der Waals surface area contributed by atoms with Crippen molar-refractivity contribution in [2.24, 2.45) is 5.92 Å². The fourth-order valence-corrected chi connectivity index (χ4v) is 2.45. The van der Waals surface area contributed by atoms with E-state index in [1.807, 2.05) is 19.2 Å². The van der Waals surface area contributed by atoms with Gasteiger partial charge >= 0.3 is 5.97 Å². The third kappa shape index (κ3) is 5.08. The third-order valence-corrected chi connectivity index (χ3v) is 3.86. The van der Waals surface area contributed by atoms with E-state index in [-0.39, 0.29) is 12.3 Å². The fourth-order valence-electron chi connectivity index (χ4n) is 1.86. The molecule has 2 N–H and O–H groups in total. The zero-order valence-electron chi connectivity index (χ0n) is 11.1. The number of carboxylic acids is 1. The van der Waals surface area contributed by atoms with Crippen LogP contribution in [0.15, 0.2) is 10.9 Å². The number of aliphatic carboxylic acids is 1. The lowest BCUT2D eigenvalue weighted by atomic mass is 9.81. The molecule has 1 rings (SSSR count). The first-order valence-electron chi connectivity index (χ1n) is 6.16. The lowest BCUT2D eigenvalue weighted by Crippen LogP contribution is -2.38. The van der Waals surface area contributed by atoms with Crippen molar-refractivity contribution in [3.63, 3.8) is 0 Å². The van der Waals surface area contributed by atoms with Gasteiger partial charge in [-0.05, 0) is 18.8 Å². The number of hydrogen-bond donors (Lipinski definition) is 2. The number of nitrogens with zero attached hydrogens (tertiary/aromatic N) is 1. The second-order valence-corrected chi connectivity index (χ2v) is 5.74. The van der Waals surface area contributed by atoms with Gasteiger partial charge < -0.3 is 10.2 Å². The summed E-state index contributed by atoms with van der Waals surface area (Å²) in [6.07, 6.45) is 0.325. The highest BCUT2D eigenvalue weighted by molar-refractivity contribution is 7.07. The standard InChI is InChI=1S/C13H19NO4S/c1-9(2)13(18,6-11(15)5-12(16)17)4-3-10-7-19-8-14-10/h7-9,18H,3-6H2,1-2H3,(H,16,17). The molecule has 0 radical (unpaired) electrons. The molecule has 106 valence electrons. The zero-order chi connectivity index (χ0) is 14.5. The number of ketones is 1. The van der Waals surface area contributed by atoms with E-state index in [9.17, 15) is 14.7 Å². The molecule has 0 aromatic carbocycles. The van der Waals surface area contributed by atoms with Crippen molar-refractivity contribution >= 4 is 23.1 Å². The Kier molecular flexibility index (Phi) is 5.62. The molecule has 1 aromatic rings. The molecule has 0 fully saturated rings. The Morgan fingerprint density at radius 1 is 1.47 bits per heavy atom. The van der Waals surface area contributed by atoms with E-state index in [0.29, 0.717) is 12.8 Å². The number of carbonyl (C=O) groups excluding carboxylic acids is 1. The van der Waals surface area contributed by atoms with Gasteiger partial charge in [0.1, 0.15) is 12.2 Å². The van der Waals surface area contributed by atoms with Crippen LogP contribution >= 0.6 is 11.3 Å². The number of carboxylic acid groups (broad SMARTS) is 1. The number of carbonyl (C=O) groups is 2. The number of aliphatic hydroxyl groups is 1. The normalized spacial score (nSPS) is 14.3. The average Bonchev–Trinajstić information content (AvgIpc) is 2.77. The molecule has 0 amide bonds. The quantitative estimate of drug-likeness (QED) is 0.712. The fraction of sp³-hybridized carbons (Fsp3) is 0.615. The molecular weight excluding hydrogens is 266 g/mol. The van der Waals surface area contributed by atoms with Crippen molar-refractivity contribution < 1.29 is 19.8 Å². The van der Waals surface area contributed by atoms with Gasteiger partial charge in [0.05, 0.1) is 16.8 Å². The van der Waals surface area contributed by atoms with Crippen molar-refractivity contribution in [2.75, 3.05) is 0 Å². The van der Waals surface area contributed by atoms with E-state index in [4.69, 9.17) is 5.11 Å². The van der Waals surface area contributed by atoms with Crippen molar-refractivity contribution in [1.29, 1.82) is 0 Å². The Morgan fingerprint density at radius 2 is 2.16 bits per heavy atom. The second kappa shape index (κ2) is 6.77.